The van der Waals surface area contributed by atoms with Gasteiger partial charge in [-0.2, -0.15) is 0 Å². The highest BCUT2D eigenvalue weighted by atomic mass is 16.1. The number of hydrogen-bond acceptors (Lipinski definition) is 3. The molecule has 2 heterocycles. The number of benzene rings is 1. The van der Waals surface area contributed by atoms with Crippen molar-refractivity contribution in [1.29, 1.82) is 0 Å². The second kappa shape index (κ2) is 8.60. The number of hydrogen-bond donors (Lipinski definition) is 1. The SMILES string of the molecule is O=C(CCc1cccnc1)NC1CCN(Cc2ccccc2)CC1. The molecule has 1 aliphatic rings. The van der Waals surface area contributed by atoms with E-state index in [0.29, 0.717) is 12.5 Å². The van der Waals surface area contributed by atoms with E-state index < -0.39 is 0 Å². The summed E-state index contributed by atoms with van der Waals surface area (Å²) in [6.45, 7) is 3.09. The van der Waals surface area contributed by atoms with Crippen LogP contribution in [0.2, 0.25) is 0 Å². The minimum atomic E-state index is 0.153. The quantitative estimate of drug-likeness (QED) is 0.889. The van der Waals surface area contributed by atoms with Crippen molar-refractivity contribution in [3.05, 3.63) is 66.0 Å². The molecule has 0 bridgehead atoms. The molecule has 0 atom stereocenters. The summed E-state index contributed by atoms with van der Waals surface area (Å²) < 4.78 is 0. The fourth-order valence-electron chi connectivity index (χ4n) is 3.18. The predicted octanol–water partition coefficient (Wildman–Crippen LogP) is 2.80. The molecule has 0 radical (unpaired) electrons. The van der Waals surface area contributed by atoms with Crippen molar-refractivity contribution >= 4 is 5.91 Å². The van der Waals surface area contributed by atoms with Crippen molar-refractivity contribution in [3.63, 3.8) is 0 Å². The minimum Gasteiger partial charge on any atom is -0.353 e. The summed E-state index contributed by atoms with van der Waals surface area (Å²) in [5.74, 6) is 0.153. The molecule has 24 heavy (non-hydrogen) atoms. The van der Waals surface area contributed by atoms with Crippen LogP contribution < -0.4 is 5.32 Å². The molecule has 3 rings (SSSR count). The Morgan fingerprint density at radius 2 is 1.83 bits per heavy atom. The Bertz CT molecular complexity index is 622. The summed E-state index contributed by atoms with van der Waals surface area (Å²) >= 11 is 0. The second-order valence-electron chi connectivity index (χ2n) is 6.46. The first-order chi connectivity index (χ1) is 11.8. The lowest BCUT2D eigenvalue weighted by Gasteiger charge is -2.32. The van der Waals surface area contributed by atoms with E-state index in [0.717, 1.165) is 44.5 Å². The average Bonchev–Trinajstić information content (AvgIpc) is 2.63. The van der Waals surface area contributed by atoms with Gasteiger partial charge in [0.15, 0.2) is 0 Å². The van der Waals surface area contributed by atoms with Crippen LogP contribution in [0.25, 0.3) is 0 Å². The van der Waals surface area contributed by atoms with Gasteiger partial charge in [0.1, 0.15) is 0 Å². The Balaban J connectivity index is 1.36. The number of rotatable bonds is 6. The topological polar surface area (TPSA) is 45.2 Å². The number of carbonyl (C=O) groups is 1. The highest BCUT2D eigenvalue weighted by Gasteiger charge is 2.20. The van der Waals surface area contributed by atoms with Gasteiger partial charge < -0.3 is 5.32 Å². The van der Waals surface area contributed by atoms with Crippen molar-refractivity contribution in [3.8, 4) is 0 Å². The largest absolute Gasteiger partial charge is 0.353 e. The Morgan fingerprint density at radius 1 is 1.08 bits per heavy atom. The van der Waals surface area contributed by atoms with Crippen LogP contribution in [-0.4, -0.2) is 34.9 Å². The first kappa shape index (κ1) is 16.7. The average molecular weight is 323 g/mol. The number of carbonyl (C=O) groups excluding carboxylic acids is 1. The lowest BCUT2D eigenvalue weighted by Crippen LogP contribution is -2.44. The van der Waals surface area contributed by atoms with Gasteiger partial charge in [0.25, 0.3) is 0 Å². The molecule has 1 fully saturated rings. The van der Waals surface area contributed by atoms with Gasteiger partial charge in [0, 0.05) is 44.5 Å². The molecule has 4 nitrogen and oxygen atoms in total. The van der Waals surface area contributed by atoms with Crippen molar-refractivity contribution in [1.82, 2.24) is 15.2 Å². The number of nitrogens with one attached hydrogen (secondary N) is 1. The number of piperidine rings is 1. The third kappa shape index (κ3) is 5.17. The van der Waals surface area contributed by atoms with Gasteiger partial charge >= 0.3 is 0 Å². The van der Waals surface area contributed by atoms with E-state index in [1.807, 2.05) is 18.3 Å². The van der Waals surface area contributed by atoms with Gasteiger partial charge in [0.05, 0.1) is 0 Å². The zero-order chi connectivity index (χ0) is 16.6. The Hall–Kier alpha value is -2.20. The van der Waals surface area contributed by atoms with Gasteiger partial charge in [-0.15, -0.1) is 0 Å². The Kier molecular flexibility index (Phi) is 5.96. The summed E-state index contributed by atoms with van der Waals surface area (Å²) in [6, 6.07) is 14.8. The fourth-order valence-corrected chi connectivity index (χ4v) is 3.18. The van der Waals surface area contributed by atoms with E-state index in [1.54, 1.807) is 6.20 Å². The standard InChI is InChI=1S/C20H25N3O/c24-20(9-8-17-7-4-12-21-15-17)22-19-10-13-23(14-11-19)16-18-5-2-1-3-6-18/h1-7,12,15,19H,8-11,13-14,16H2,(H,22,24). The van der Waals surface area contributed by atoms with Gasteiger partial charge in [-0.3, -0.25) is 14.7 Å². The van der Waals surface area contributed by atoms with Gasteiger partial charge in [-0.05, 0) is 36.5 Å². The third-order valence-corrected chi connectivity index (χ3v) is 4.57. The lowest BCUT2D eigenvalue weighted by atomic mass is 10.0. The highest BCUT2D eigenvalue weighted by molar-refractivity contribution is 5.76. The summed E-state index contributed by atoms with van der Waals surface area (Å²) in [6.07, 6.45) is 6.95. The van der Waals surface area contributed by atoms with Crippen LogP contribution in [0, 0.1) is 0 Å². The lowest BCUT2D eigenvalue weighted by molar-refractivity contribution is -0.122. The van der Waals surface area contributed by atoms with Crippen LogP contribution >= 0.6 is 0 Å². The molecule has 0 saturated carbocycles. The summed E-state index contributed by atoms with van der Waals surface area (Å²) in [5, 5.41) is 3.19. The molecule has 0 spiro atoms. The molecule has 0 unspecified atom stereocenters. The molecule has 1 aromatic heterocycles. The minimum absolute atomic E-state index is 0.153. The molecule has 1 aromatic carbocycles. The molecule has 1 amide bonds. The zero-order valence-corrected chi connectivity index (χ0v) is 14.0. The monoisotopic (exact) mass is 323 g/mol. The first-order valence-corrected chi connectivity index (χ1v) is 8.74. The van der Waals surface area contributed by atoms with E-state index in [-0.39, 0.29) is 5.91 Å². The molecular weight excluding hydrogens is 298 g/mol. The summed E-state index contributed by atoms with van der Waals surface area (Å²) in [4.78, 5) is 18.7. The molecule has 1 saturated heterocycles. The predicted molar refractivity (Wildman–Crippen MR) is 95.4 cm³/mol. The van der Waals surface area contributed by atoms with Crippen LogP contribution in [0.4, 0.5) is 0 Å². The van der Waals surface area contributed by atoms with E-state index in [2.05, 4.69) is 45.5 Å². The molecule has 1 N–H and O–H groups in total. The fraction of sp³-hybridized carbons (Fsp3) is 0.400. The number of amides is 1. The number of pyridine rings is 1. The van der Waals surface area contributed by atoms with E-state index in [9.17, 15) is 4.79 Å². The number of likely N-dealkylation sites (tertiary alicyclic amines) is 1. The Labute approximate surface area is 143 Å². The molecule has 2 aromatic rings. The third-order valence-electron chi connectivity index (χ3n) is 4.57. The first-order valence-electron chi connectivity index (χ1n) is 8.74. The highest BCUT2D eigenvalue weighted by Crippen LogP contribution is 2.14. The van der Waals surface area contributed by atoms with Crippen molar-refractivity contribution < 1.29 is 4.79 Å². The molecule has 126 valence electrons. The molecule has 1 aliphatic heterocycles. The van der Waals surface area contributed by atoms with E-state index in [1.165, 1.54) is 5.56 Å². The maximum atomic E-state index is 12.1. The molecule has 0 aliphatic carbocycles. The number of nitrogens with zero attached hydrogens (tertiary/aromatic N) is 2. The zero-order valence-electron chi connectivity index (χ0n) is 14.0. The number of aromatic nitrogens is 1. The van der Waals surface area contributed by atoms with Gasteiger partial charge in [-0.1, -0.05) is 36.4 Å². The van der Waals surface area contributed by atoms with Crippen LogP contribution in [-0.2, 0) is 17.8 Å². The number of aryl methyl sites for hydroxylation is 1. The van der Waals surface area contributed by atoms with Crippen LogP contribution in [0.5, 0.6) is 0 Å². The molecule has 4 heteroatoms. The smallest absolute Gasteiger partial charge is 0.220 e. The maximum absolute atomic E-state index is 12.1. The van der Waals surface area contributed by atoms with Crippen molar-refractivity contribution in [2.75, 3.05) is 13.1 Å². The van der Waals surface area contributed by atoms with Crippen LogP contribution in [0.1, 0.15) is 30.4 Å². The maximum Gasteiger partial charge on any atom is 0.220 e. The van der Waals surface area contributed by atoms with Crippen molar-refractivity contribution in [2.24, 2.45) is 0 Å². The summed E-state index contributed by atoms with van der Waals surface area (Å²) in [7, 11) is 0. The normalized spacial score (nSPS) is 16.0. The van der Waals surface area contributed by atoms with Gasteiger partial charge in [-0.25, -0.2) is 0 Å². The van der Waals surface area contributed by atoms with Crippen LogP contribution in [0.3, 0.4) is 0 Å². The second-order valence-corrected chi connectivity index (χ2v) is 6.46. The van der Waals surface area contributed by atoms with E-state index in [4.69, 9.17) is 0 Å². The van der Waals surface area contributed by atoms with E-state index >= 15 is 0 Å². The van der Waals surface area contributed by atoms with Crippen molar-refractivity contribution in [2.45, 2.75) is 38.3 Å². The molecular formula is C20H25N3O. The summed E-state index contributed by atoms with van der Waals surface area (Å²) in [5.41, 5.74) is 2.47. The Morgan fingerprint density at radius 3 is 2.54 bits per heavy atom. The van der Waals surface area contributed by atoms with Gasteiger partial charge in [0.2, 0.25) is 5.91 Å². The van der Waals surface area contributed by atoms with Crippen LogP contribution in [0.15, 0.2) is 54.9 Å².